The van der Waals surface area contributed by atoms with Gasteiger partial charge in [-0.3, -0.25) is 9.36 Å². The average molecular weight is 399 g/mol. The topological polar surface area (TPSA) is 62.2 Å². The van der Waals surface area contributed by atoms with Crippen molar-refractivity contribution < 1.29 is 0 Å². The van der Waals surface area contributed by atoms with E-state index in [4.69, 9.17) is 0 Å². The fourth-order valence-electron chi connectivity index (χ4n) is 4.07. The molecule has 3 aromatic rings. The molecule has 0 unspecified atom stereocenters. The van der Waals surface area contributed by atoms with Crippen LogP contribution in [0.5, 0.6) is 0 Å². The number of anilines is 2. The minimum absolute atomic E-state index is 0.0283. The van der Waals surface area contributed by atoms with Gasteiger partial charge in [0.2, 0.25) is 0 Å². The van der Waals surface area contributed by atoms with Gasteiger partial charge in [0, 0.05) is 55.9 Å². The number of aromatic nitrogens is 2. The second-order valence-electron chi connectivity index (χ2n) is 7.63. The number of benzene rings is 1. The molecular weight excluding hydrogens is 374 g/mol. The third-order valence-electron chi connectivity index (χ3n) is 5.61. The van der Waals surface area contributed by atoms with Crippen LogP contribution in [-0.2, 0) is 0 Å². The smallest absolute Gasteiger partial charge is 0.193 e. The van der Waals surface area contributed by atoms with Gasteiger partial charge in [-0.25, -0.2) is 4.98 Å². The van der Waals surface area contributed by atoms with Crippen LogP contribution in [0, 0.1) is 0 Å². The van der Waals surface area contributed by atoms with E-state index in [9.17, 15) is 4.79 Å². The van der Waals surface area contributed by atoms with Crippen molar-refractivity contribution in [3.05, 3.63) is 82.8 Å². The second-order valence-corrected chi connectivity index (χ2v) is 7.63. The van der Waals surface area contributed by atoms with E-state index in [1.165, 1.54) is 0 Å². The van der Waals surface area contributed by atoms with Gasteiger partial charge in [-0.2, -0.15) is 0 Å². The number of allylic oxidation sites excluding steroid dienone is 3. The van der Waals surface area contributed by atoms with Crippen molar-refractivity contribution >= 4 is 22.5 Å². The highest BCUT2D eigenvalue weighted by Gasteiger charge is 2.17. The van der Waals surface area contributed by atoms with Crippen LogP contribution in [0.3, 0.4) is 0 Å². The first-order chi connectivity index (χ1) is 14.8. The van der Waals surface area contributed by atoms with Crippen LogP contribution in [0.4, 0.5) is 11.6 Å². The summed E-state index contributed by atoms with van der Waals surface area (Å²) in [5.41, 5.74) is 2.85. The molecule has 30 heavy (non-hydrogen) atoms. The molecule has 0 spiro atoms. The molecule has 1 aliphatic carbocycles. The van der Waals surface area contributed by atoms with Crippen molar-refractivity contribution in [1.82, 2.24) is 14.9 Å². The molecule has 2 aliphatic rings. The molecule has 1 fully saturated rings. The van der Waals surface area contributed by atoms with E-state index < -0.39 is 0 Å². The minimum atomic E-state index is -0.0283. The Labute approximate surface area is 175 Å². The SMILES string of the molecule is O=c1cc(NC2=CCCC=C2)n(-c2ccccc2)c2cc(N3CCNCC3)ncc12. The molecular formula is C24H25N5O. The molecule has 2 N–H and O–H groups in total. The van der Waals surface area contributed by atoms with Gasteiger partial charge in [-0.15, -0.1) is 0 Å². The fraction of sp³-hybridized carbons (Fsp3) is 0.250. The van der Waals surface area contributed by atoms with E-state index >= 15 is 0 Å². The molecule has 0 saturated carbocycles. The minimum Gasteiger partial charge on any atom is -0.354 e. The Hall–Kier alpha value is -3.38. The van der Waals surface area contributed by atoms with Crippen molar-refractivity contribution in [3.8, 4) is 5.69 Å². The Bertz CT molecular complexity index is 1170. The highest BCUT2D eigenvalue weighted by atomic mass is 16.1. The Kier molecular flexibility index (Phi) is 5.07. The maximum absolute atomic E-state index is 13.0. The number of piperazine rings is 1. The maximum Gasteiger partial charge on any atom is 0.193 e. The lowest BCUT2D eigenvalue weighted by Crippen LogP contribution is -2.43. The fourth-order valence-corrected chi connectivity index (χ4v) is 4.07. The summed E-state index contributed by atoms with van der Waals surface area (Å²) in [6, 6.07) is 13.9. The first-order valence-corrected chi connectivity index (χ1v) is 10.5. The van der Waals surface area contributed by atoms with E-state index in [0.29, 0.717) is 5.39 Å². The predicted molar refractivity (Wildman–Crippen MR) is 123 cm³/mol. The van der Waals surface area contributed by atoms with Crippen molar-refractivity contribution in [3.63, 3.8) is 0 Å². The van der Waals surface area contributed by atoms with Crippen molar-refractivity contribution in [1.29, 1.82) is 0 Å². The number of nitrogens with one attached hydrogen (secondary N) is 2. The summed E-state index contributed by atoms with van der Waals surface area (Å²) in [7, 11) is 0. The van der Waals surface area contributed by atoms with E-state index in [1.54, 1.807) is 12.3 Å². The third kappa shape index (κ3) is 3.62. The molecule has 152 valence electrons. The van der Waals surface area contributed by atoms with Crippen molar-refractivity contribution in [2.75, 3.05) is 36.4 Å². The number of para-hydroxylation sites is 1. The summed E-state index contributed by atoms with van der Waals surface area (Å²) in [6.07, 6.45) is 10.2. The monoisotopic (exact) mass is 399 g/mol. The number of nitrogens with zero attached hydrogens (tertiary/aromatic N) is 3. The van der Waals surface area contributed by atoms with Gasteiger partial charge in [0.25, 0.3) is 0 Å². The Balaban J connectivity index is 1.70. The zero-order valence-corrected chi connectivity index (χ0v) is 16.8. The molecule has 1 saturated heterocycles. The third-order valence-corrected chi connectivity index (χ3v) is 5.61. The summed E-state index contributed by atoms with van der Waals surface area (Å²) in [5, 5.41) is 7.47. The van der Waals surface area contributed by atoms with Crippen LogP contribution in [0.2, 0.25) is 0 Å². The Morgan fingerprint density at radius 3 is 2.63 bits per heavy atom. The van der Waals surface area contributed by atoms with Gasteiger partial charge >= 0.3 is 0 Å². The van der Waals surface area contributed by atoms with Crippen molar-refractivity contribution in [2.24, 2.45) is 0 Å². The zero-order chi connectivity index (χ0) is 20.3. The Morgan fingerprint density at radius 1 is 1.03 bits per heavy atom. The summed E-state index contributed by atoms with van der Waals surface area (Å²) >= 11 is 0. The molecule has 0 bridgehead atoms. The predicted octanol–water partition coefficient (Wildman–Crippen LogP) is 3.44. The molecule has 2 aromatic heterocycles. The van der Waals surface area contributed by atoms with Crippen LogP contribution in [0.1, 0.15) is 12.8 Å². The summed E-state index contributed by atoms with van der Waals surface area (Å²) < 4.78 is 2.12. The lowest BCUT2D eigenvalue weighted by atomic mass is 10.1. The standard InChI is InChI=1S/C24H25N5O/c30-22-16-24(27-18-7-3-1-4-8-18)29(19-9-5-2-6-10-19)21-15-23(26-17-20(21)22)28-13-11-25-12-14-28/h2-3,5-10,15-17,25,27H,1,4,11-14H2. The van der Waals surface area contributed by atoms with E-state index in [-0.39, 0.29) is 5.43 Å². The molecule has 5 rings (SSSR count). The molecule has 3 heterocycles. The molecule has 1 aromatic carbocycles. The number of hydrogen-bond acceptors (Lipinski definition) is 5. The molecule has 1 aliphatic heterocycles. The second kappa shape index (κ2) is 8.16. The zero-order valence-electron chi connectivity index (χ0n) is 16.8. The van der Waals surface area contributed by atoms with E-state index in [0.717, 1.165) is 67.6 Å². The van der Waals surface area contributed by atoms with Gasteiger partial charge in [0.15, 0.2) is 5.43 Å². The van der Waals surface area contributed by atoms with Crippen LogP contribution in [0.25, 0.3) is 16.6 Å². The van der Waals surface area contributed by atoms with Gasteiger partial charge < -0.3 is 15.5 Å². The molecule has 6 heteroatoms. The quantitative estimate of drug-likeness (QED) is 0.704. The van der Waals surface area contributed by atoms with Crippen molar-refractivity contribution in [2.45, 2.75) is 12.8 Å². The molecule has 0 radical (unpaired) electrons. The largest absolute Gasteiger partial charge is 0.354 e. The maximum atomic E-state index is 13.0. The molecule has 6 nitrogen and oxygen atoms in total. The molecule has 0 amide bonds. The van der Waals surface area contributed by atoms with Crippen LogP contribution in [0.15, 0.2) is 77.4 Å². The summed E-state index contributed by atoms with van der Waals surface area (Å²) in [4.78, 5) is 19.8. The first kappa shape index (κ1) is 18.6. The highest BCUT2D eigenvalue weighted by molar-refractivity contribution is 5.85. The van der Waals surface area contributed by atoms with Gasteiger partial charge in [0.1, 0.15) is 11.6 Å². The lowest BCUT2D eigenvalue weighted by molar-refractivity contribution is 0.585. The number of rotatable bonds is 4. The first-order valence-electron chi connectivity index (χ1n) is 10.5. The van der Waals surface area contributed by atoms with Crippen LogP contribution >= 0.6 is 0 Å². The van der Waals surface area contributed by atoms with Gasteiger partial charge in [-0.1, -0.05) is 30.4 Å². The highest BCUT2D eigenvalue weighted by Crippen LogP contribution is 2.26. The van der Waals surface area contributed by atoms with Crippen LogP contribution in [-0.4, -0.2) is 35.7 Å². The summed E-state index contributed by atoms with van der Waals surface area (Å²) in [6.45, 7) is 3.69. The van der Waals surface area contributed by atoms with Crippen LogP contribution < -0.4 is 21.0 Å². The summed E-state index contributed by atoms with van der Waals surface area (Å²) in [5.74, 6) is 1.66. The average Bonchev–Trinajstić information content (AvgIpc) is 2.81. The number of fused-ring (bicyclic) bond motifs is 1. The Morgan fingerprint density at radius 2 is 1.87 bits per heavy atom. The number of hydrogen-bond donors (Lipinski definition) is 2. The van der Waals surface area contributed by atoms with E-state index in [1.807, 2.05) is 24.3 Å². The van der Waals surface area contributed by atoms with Gasteiger partial charge in [-0.05, 0) is 31.1 Å². The number of pyridine rings is 2. The van der Waals surface area contributed by atoms with Gasteiger partial charge in [0.05, 0.1) is 10.9 Å². The normalized spacial score (nSPS) is 16.5. The van der Waals surface area contributed by atoms with E-state index in [2.05, 4.69) is 55.4 Å². The lowest BCUT2D eigenvalue weighted by Gasteiger charge is -2.29. The molecule has 0 atom stereocenters.